The summed E-state index contributed by atoms with van der Waals surface area (Å²) in [7, 11) is -3.83. The van der Waals surface area contributed by atoms with Crippen molar-refractivity contribution in [3.63, 3.8) is 0 Å². The molecule has 0 radical (unpaired) electrons. The molecule has 81 heavy (non-hydrogen) atoms. The Labute approximate surface area is 462 Å². The van der Waals surface area contributed by atoms with Crippen LogP contribution in [0.15, 0.2) is 77.9 Å². The number of aromatic carboxylic acids is 1. The Bertz CT molecular complexity index is 3520. The molecule has 31 heteroatoms. The number of hydrogen-bond donors (Lipinski definition) is 4. The van der Waals surface area contributed by atoms with Gasteiger partial charge in [-0.1, -0.05) is 11.3 Å². The molecule has 5 aromatic rings. The zero-order chi connectivity index (χ0) is 58.0. The number of nitrogens with one attached hydrogen (secondary N) is 1. The number of carbonyl (C=O) groups is 3. The van der Waals surface area contributed by atoms with Crippen LogP contribution in [0.25, 0.3) is 44.6 Å². The molecule has 0 bridgehead atoms. The number of nitrogens with two attached hydrogens (primary N) is 1. The lowest BCUT2D eigenvalue weighted by Gasteiger charge is -2.30. The fraction of sp³-hybridized carbons (Fsp3) is 0.420. The number of carboxylic acids is 1. The molecule has 3 aliphatic rings. The molecule has 1 aliphatic carbocycles. The number of carboxylic acid groups (broad SMARTS) is 1. The molecule has 5 N–H and O–H groups in total. The standard InChI is InChI=1S/C50H61N11O18P2/c1-58(2)32-10-13-35-38(24-32)76-39-25-33(59(3)4)11-14-36(39)42(35)34-12-9-30(23-37(34)50(66)67)48(65)52-15-17-72-19-21-74-22-20-73-18-16-60-26-31(56-57-60)7-5-6-8-41(62)78-81(70,71)79-80(68,69)75-27-40-44(63)45(64)49(77-40)61-29-55-43-46(51)53-28-54-47(43)61/h9-14,23-26,28-29,40,44-45,49,63-64H,5-8,15-22,27H2,1-4H3,(H5-,51,52,53,54,65,66,67,68,69,70,71)/p-2/t40-,44?,45+,49-/m1/s1. The van der Waals surface area contributed by atoms with Gasteiger partial charge < -0.3 is 78.3 Å². The minimum absolute atomic E-state index is 0.0352. The number of phosphoric ester groups is 2. The molecule has 1 saturated heterocycles. The summed E-state index contributed by atoms with van der Waals surface area (Å²) >= 11 is 0. The number of rotatable bonds is 28. The molecule has 29 nitrogen and oxygen atoms in total. The highest BCUT2D eigenvalue weighted by atomic mass is 31.3. The van der Waals surface area contributed by atoms with E-state index in [4.69, 9.17) is 29.1 Å². The van der Waals surface area contributed by atoms with E-state index in [2.05, 4.69) is 43.9 Å². The van der Waals surface area contributed by atoms with Crippen molar-refractivity contribution in [2.45, 2.75) is 56.8 Å². The van der Waals surface area contributed by atoms with E-state index in [0.29, 0.717) is 65.1 Å². The number of unbranched alkanes of at least 4 members (excludes halogenated alkanes) is 1. The van der Waals surface area contributed by atoms with E-state index in [9.17, 15) is 48.6 Å². The summed E-state index contributed by atoms with van der Waals surface area (Å²) in [6, 6.07) is 15.9. The third kappa shape index (κ3) is 15.3. The van der Waals surface area contributed by atoms with Crippen LogP contribution in [0.5, 0.6) is 0 Å². The van der Waals surface area contributed by atoms with E-state index in [0.717, 1.165) is 17.4 Å². The molecule has 3 aromatic heterocycles. The van der Waals surface area contributed by atoms with Gasteiger partial charge in [0.05, 0.1) is 76.8 Å². The largest absolute Gasteiger partial charge is 0.756 e. The quantitative estimate of drug-likeness (QED) is 0.0217. The van der Waals surface area contributed by atoms with Crippen molar-refractivity contribution in [2.75, 3.05) is 91.6 Å². The predicted octanol–water partition coefficient (Wildman–Crippen LogP) is 0.00450. The summed E-state index contributed by atoms with van der Waals surface area (Å²) in [5.74, 6) is -2.61. The van der Waals surface area contributed by atoms with Crippen LogP contribution in [0.2, 0.25) is 0 Å². The van der Waals surface area contributed by atoms with E-state index in [1.807, 2.05) is 74.1 Å². The number of aromatic nitrogens is 7. The number of aliphatic hydroxyl groups excluding tert-OH is 2. The van der Waals surface area contributed by atoms with Gasteiger partial charge in [0.25, 0.3) is 13.7 Å². The minimum Gasteiger partial charge on any atom is -0.756 e. The first kappa shape index (κ1) is 60.0. The first-order valence-corrected chi connectivity index (χ1v) is 28.2. The smallest absolute Gasteiger partial charge is 0.328 e. The van der Waals surface area contributed by atoms with Gasteiger partial charge in [0.2, 0.25) is 5.36 Å². The summed E-state index contributed by atoms with van der Waals surface area (Å²) in [4.78, 5) is 76.5. The molecule has 434 valence electrons. The number of aliphatic hydroxyl groups is 2. The first-order valence-electron chi connectivity index (χ1n) is 25.3. The lowest BCUT2D eigenvalue weighted by atomic mass is 9.89. The second-order valence-electron chi connectivity index (χ2n) is 18.8. The van der Waals surface area contributed by atoms with Gasteiger partial charge in [-0.15, -0.1) is 5.10 Å². The van der Waals surface area contributed by atoms with Gasteiger partial charge in [0, 0.05) is 78.7 Å². The average molecular weight is 1160 g/mol. The molecular formula is C50H59N11O18P2-2. The third-order valence-corrected chi connectivity index (χ3v) is 15.2. The highest BCUT2D eigenvalue weighted by Crippen LogP contribution is 2.56. The van der Waals surface area contributed by atoms with E-state index in [-0.39, 0.29) is 74.1 Å². The maximum atomic E-state index is 13.2. The Balaban J connectivity index is 0.670. The summed E-state index contributed by atoms with van der Waals surface area (Å²) in [6.07, 6.45) is -1.67. The van der Waals surface area contributed by atoms with Crippen LogP contribution >= 0.6 is 15.6 Å². The Morgan fingerprint density at radius 3 is 2.37 bits per heavy atom. The molecule has 8 rings (SSSR count). The number of fused-ring (bicyclic) bond motifs is 3. The van der Waals surface area contributed by atoms with Crippen LogP contribution < -0.4 is 40.8 Å². The van der Waals surface area contributed by atoms with Gasteiger partial charge in [0.15, 0.2) is 17.7 Å². The molecule has 1 fully saturated rings. The first-order chi connectivity index (χ1) is 38.7. The van der Waals surface area contributed by atoms with Crippen LogP contribution in [0.3, 0.4) is 0 Å². The molecular weight excluding hydrogens is 1100 g/mol. The molecule has 0 saturated carbocycles. The molecule has 1 amide bonds. The normalized spacial score (nSPS) is 17.8. The Kier molecular flexibility index (Phi) is 19.7. The van der Waals surface area contributed by atoms with Crippen molar-refractivity contribution in [1.29, 1.82) is 0 Å². The Morgan fingerprint density at radius 2 is 1.63 bits per heavy atom. The highest BCUT2D eigenvalue weighted by molar-refractivity contribution is 7.60. The second kappa shape index (κ2) is 26.7. The van der Waals surface area contributed by atoms with E-state index in [1.54, 1.807) is 23.0 Å². The van der Waals surface area contributed by atoms with Crippen molar-refractivity contribution in [1.82, 2.24) is 44.4 Å². The Hall–Kier alpha value is -7.11. The highest BCUT2D eigenvalue weighted by Gasteiger charge is 2.45. The van der Waals surface area contributed by atoms with Crippen molar-refractivity contribution in [2.24, 2.45) is 0 Å². The van der Waals surface area contributed by atoms with E-state index >= 15 is 0 Å². The molecule has 6 atom stereocenters. The fourth-order valence-corrected chi connectivity index (χ4v) is 10.6. The molecule has 2 aliphatic heterocycles. The number of benzene rings is 3. The predicted molar refractivity (Wildman–Crippen MR) is 280 cm³/mol. The maximum absolute atomic E-state index is 13.2. The number of carbonyl (C=O) groups excluding carboxylic acids is 3. The third-order valence-electron chi connectivity index (χ3n) is 12.7. The van der Waals surface area contributed by atoms with Crippen molar-refractivity contribution >= 4 is 67.1 Å². The van der Waals surface area contributed by atoms with Crippen LogP contribution in [0.1, 0.15) is 51.9 Å². The summed E-state index contributed by atoms with van der Waals surface area (Å²) < 4.78 is 70.9. The van der Waals surface area contributed by atoms with Crippen molar-refractivity contribution in [3.8, 4) is 22.5 Å². The lowest BCUT2D eigenvalue weighted by Crippen LogP contribution is -2.34. The van der Waals surface area contributed by atoms with E-state index < -0.39 is 71.1 Å². The number of amides is 1. The van der Waals surface area contributed by atoms with Gasteiger partial charge >= 0.3 is 13.8 Å². The number of phosphoric acid groups is 2. The lowest BCUT2D eigenvalue weighted by molar-refractivity contribution is -0.255. The molecule has 5 heterocycles. The maximum Gasteiger partial charge on any atom is 0.328 e. The van der Waals surface area contributed by atoms with Crippen LogP contribution in [-0.4, -0.2) is 162 Å². The number of nitrogens with zero attached hydrogens (tertiary/aromatic N) is 9. The summed E-state index contributed by atoms with van der Waals surface area (Å²) in [6.45, 7) is 1.08. The monoisotopic (exact) mass is 1160 g/mol. The summed E-state index contributed by atoms with van der Waals surface area (Å²) in [5.41, 5.74) is 9.84. The van der Waals surface area contributed by atoms with Crippen LogP contribution in [-0.2, 0) is 59.2 Å². The van der Waals surface area contributed by atoms with Gasteiger partial charge in [-0.3, -0.25) is 23.3 Å². The fourth-order valence-electron chi connectivity index (χ4n) is 8.61. The van der Waals surface area contributed by atoms with Gasteiger partial charge in [-0.2, -0.15) is 0 Å². The number of nitrogen functional groups attached to an aromatic ring is 1. The topological polar surface area (TPSA) is 391 Å². The van der Waals surface area contributed by atoms with E-state index in [1.165, 1.54) is 17.0 Å². The zero-order valence-electron chi connectivity index (χ0n) is 44.4. The van der Waals surface area contributed by atoms with Gasteiger partial charge in [0.1, 0.15) is 55.6 Å². The number of aryl methyl sites for hydroxylation is 1. The number of hydrogen-bond acceptors (Lipinski definition) is 25. The summed E-state index contributed by atoms with van der Waals surface area (Å²) in [5, 5.41) is 46.1. The van der Waals surface area contributed by atoms with Crippen LogP contribution in [0.4, 0.5) is 11.5 Å². The van der Waals surface area contributed by atoms with Gasteiger partial charge in [-0.05, 0) is 55.2 Å². The van der Waals surface area contributed by atoms with Crippen molar-refractivity contribution in [3.05, 3.63) is 95.6 Å². The minimum atomic E-state index is -5.78. The molecule has 2 aromatic carbocycles. The number of ether oxygens (including phenoxy) is 4. The second-order valence-corrected chi connectivity index (χ2v) is 21.7. The Morgan fingerprint density at radius 1 is 0.889 bits per heavy atom. The average Bonchev–Trinajstić information content (AvgIpc) is 4.28. The van der Waals surface area contributed by atoms with Crippen molar-refractivity contribution < 1.29 is 85.3 Å². The SMILES string of the molecule is CN(C)c1ccc2c(-c3ccc(C(=O)NCCOCCOCCOCCn4cc(CCCCC(=O)OP(=O)([O-])OP(=O)([O-])OC[C@H]5O[C@@H](n6cnc7c(N)ncnc76)[C@@H](O)C5O)nn4)cc3C(=O)[O-])c3ccc(=[N+](C)C)cc-3oc2c1. The zero-order valence-corrected chi connectivity index (χ0v) is 46.1. The number of imidazole rings is 1. The van der Waals surface area contributed by atoms with Gasteiger partial charge in [-0.25, -0.2) is 28.5 Å². The molecule has 0 spiro atoms. The number of anilines is 2. The van der Waals surface area contributed by atoms with Crippen LogP contribution in [0, 0.1) is 0 Å². The molecule has 3 unspecified atom stereocenters.